The van der Waals surface area contributed by atoms with Crippen molar-refractivity contribution >= 4 is 29.0 Å². The molecule has 162 valence electrons. The third-order valence-corrected chi connectivity index (χ3v) is 5.93. The molecule has 0 saturated carbocycles. The molecular formula is C25H23FN4OS. The van der Waals surface area contributed by atoms with Gasteiger partial charge in [-0.2, -0.15) is 5.10 Å². The Kier molecular flexibility index (Phi) is 6.56. The number of aryl methyl sites for hydroxylation is 2. The number of hydrogen-bond donors (Lipinski definition) is 1. The zero-order valence-corrected chi connectivity index (χ0v) is 18.7. The summed E-state index contributed by atoms with van der Waals surface area (Å²) in [5.41, 5.74) is 5.41. The largest absolute Gasteiger partial charge is 0.323 e. The highest BCUT2D eigenvalue weighted by Gasteiger charge is 2.10. The van der Waals surface area contributed by atoms with Crippen molar-refractivity contribution in [3.63, 3.8) is 0 Å². The summed E-state index contributed by atoms with van der Waals surface area (Å²) in [5, 5.41) is 10.3. The topological polar surface area (TPSA) is 59.8 Å². The van der Waals surface area contributed by atoms with Crippen molar-refractivity contribution < 1.29 is 9.18 Å². The zero-order valence-electron chi connectivity index (χ0n) is 17.9. The first kappa shape index (κ1) is 21.6. The van der Waals surface area contributed by atoms with E-state index in [2.05, 4.69) is 27.7 Å². The summed E-state index contributed by atoms with van der Waals surface area (Å²) in [6.45, 7) is 2.10. The highest BCUT2D eigenvalue weighted by molar-refractivity contribution is 7.09. The summed E-state index contributed by atoms with van der Waals surface area (Å²) in [7, 11) is 1.81. The minimum Gasteiger partial charge on any atom is -0.323 e. The number of rotatable bonds is 7. The van der Waals surface area contributed by atoms with E-state index in [-0.39, 0.29) is 11.7 Å². The van der Waals surface area contributed by atoms with Crippen LogP contribution in [-0.2, 0) is 24.7 Å². The molecule has 4 aromatic rings. The van der Waals surface area contributed by atoms with Crippen LogP contribution < -0.4 is 5.32 Å². The predicted molar refractivity (Wildman–Crippen MR) is 127 cm³/mol. The smallest absolute Gasteiger partial charge is 0.248 e. The summed E-state index contributed by atoms with van der Waals surface area (Å²) in [4.78, 5) is 17.0. The molecule has 1 N–H and O–H groups in total. The number of nitrogens with one attached hydrogen (secondary N) is 1. The number of carbonyl (C=O) groups is 1. The van der Waals surface area contributed by atoms with Crippen molar-refractivity contribution in [2.45, 2.75) is 19.8 Å². The van der Waals surface area contributed by atoms with Crippen molar-refractivity contribution in [1.29, 1.82) is 0 Å². The van der Waals surface area contributed by atoms with Gasteiger partial charge in [0.25, 0.3) is 0 Å². The highest BCUT2D eigenvalue weighted by atomic mass is 32.1. The van der Waals surface area contributed by atoms with Gasteiger partial charge in [0.1, 0.15) is 5.82 Å². The fourth-order valence-electron chi connectivity index (χ4n) is 3.36. The SMILES string of the molecule is CCc1csc(Cc2ccc(NC(=O)C=Cc3cnn(C)c3-c3ccc(F)cc3)cc2)n1. The van der Waals surface area contributed by atoms with Crippen LogP contribution in [0.5, 0.6) is 0 Å². The lowest BCUT2D eigenvalue weighted by Gasteiger charge is -2.05. The number of amides is 1. The third kappa shape index (κ3) is 5.18. The standard InChI is InChI=1S/C25H23FN4OS/c1-3-21-16-32-24(29-21)14-17-4-11-22(12-5-17)28-23(31)13-8-19-15-27-30(2)25(19)18-6-9-20(26)10-7-18/h4-13,15-16H,3,14H2,1-2H3,(H,28,31). The molecule has 7 heteroatoms. The minimum absolute atomic E-state index is 0.237. The Morgan fingerprint density at radius 1 is 1.16 bits per heavy atom. The first-order valence-corrected chi connectivity index (χ1v) is 11.2. The maximum atomic E-state index is 13.2. The number of hydrogen-bond acceptors (Lipinski definition) is 4. The Morgan fingerprint density at radius 2 is 1.91 bits per heavy atom. The second-order valence-electron chi connectivity index (χ2n) is 7.36. The van der Waals surface area contributed by atoms with Gasteiger partial charge in [0.15, 0.2) is 0 Å². The van der Waals surface area contributed by atoms with Gasteiger partial charge in [0.05, 0.1) is 22.6 Å². The Hall–Kier alpha value is -3.58. The summed E-state index contributed by atoms with van der Waals surface area (Å²) >= 11 is 1.67. The van der Waals surface area contributed by atoms with Gasteiger partial charge in [0, 0.05) is 41.7 Å². The average Bonchev–Trinajstić information content (AvgIpc) is 3.40. The molecule has 0 saturated heterocycles. The molecule has 2 aromatic heterocycles. The van der Waals surface area contributed by atoms with E-state index in [9.17, 15) is 9.18 Å². The Bertz CT molecular complexity index is 1240. The molecule has 0 aliphatic heterocycles. The number of thiazole rings is 1. The van der Waals surface area contributed by atoms with Crippen LogP contribution in [0.4, 0.5) is 10.1 Å². The molecule has 0 atom stereocenters. The van der Waals surface area contributed by atoms with Crippen molar-refractivity contribution in [2.75, 3.05) is 5.32 Å². The predicted octanol–water partition coefficient (Wildman–Crippen LogP) is 5.49. The molecule has 32 heavy (non-hydrogen) atoms. The second-order valence-corrected chi connectivity index (χ2v) is 8.30. The number of aromatic nitrogens is 3. The van der Waals surface area contributed by atoms with Gasteiger partial charge in [-0.3, -0.25) is 9.48 Å². The number of benzene rings is 2. The Morgan fingerprint density at radius 3 is 2.59 bits per heavy atom. The van der Waals surface area contributed by atoms with Crippen LogP contribution in [-0.4, -0.2) is 20.7 Å². The van der Waals surface area contributed by atoms with Crippen LogP contribution in [0, 0.1) is 5.82 Å². The van der Waals surface area contributed by atoms with E-state index in [1.165, 1.54) is 18.2 Å². The minimum atomic E-state index is -0.296. The van der Waals surface area contributed by atoms with E-state index in [1.54, 1.807) is 40.4 Å². The van der Waals surface area contributed by atoms with Crippen LogP contribution in [0.25, 0.3) is 17.3 Å². The average molecular weight is 447 g/mol. The van der Waals surface area contributed by atoms with Gasteiger partial charge in [-0.05, 0) is 54.5 Å². The van der Waals surface area contributed by atoms with Crippen molar-refractivity contribution in [3.05, 3.63) is 93.8 Å². The third-order valence-electron chi connectivity index (χ3n) is 5.04. The molecule has 0 aliphatic carbocycles. The monoisotopic (exact) mass is 446 g/mol. The molecule has 0 aliphatic rings. The number of halogens is 1. The fraction of sp³-hybridized carbons (Fsp3) is 0.160. The van der Waals surface area contributed by atoms with E-state index in [0.29, 0.717) is 0 Å². The molecule has 0 fully saturated rings. The lowest BCUT2D eigenvalue weighted by Crippen LogP contribution is -2.07. The molecule has 5 nitrogen and oxygen atoms in total. The quantitative estimate of drug-likeness (QED) is 0.382. The second kappa shape index (κ2) is 9.70. The first-order chi connectivity index (χ1) is 15.5. The van der Waals surface area contributed by atoms with Gasteiger partial charge < -0.3 is 5.32 Å². The normalized spacial score (nSPS) is 11.2. The summed E-state index contributed by atoms with van der Waals surface area (Å²) in [5.74, 6) is -0.532. The van der Waals surface area contributed by atoms with Crippen molar-refractivity contribution in [3.8, 4) is 11.3 Å². The van der Waals surface area contributed by atoms with Gasteiger partial charge in [-0.15, -0.1) is 11.3 Å². The van der Waals surface area contributed by atoms with Crippen LogP contribution >= 0.6 is 11.3 Å². The van der Waals surface area contributed by atoms with Crippen molar-refractivity contribution in [1.82, 2.24) is 14.8 Å². The highest BCUT2D eigenvalue weighted by Crippen LogP contribution is 2.24. The first-order valence-electron chi connectivity index (χ1n) is 10.3. The lowest BCUT2D eigenvalue weighted by molar-refractivity contribution is -0.111. The number of nitrogens with zero attached hydrogens (tertiary/aromatic N) is 3. The van der Waals surface area contributed by atoms with Gasteiger partial charge in [0.2, 0.25) is 5.91 Å². The van der Waals surface area contributed by atoms with Gasteiger partial charge in [-0.1, -0.05) is 19.1 Å². The van der Waals surface area contributed by atoms with E-state index in [4.69, 9.17) is 0 Å². The van der Waals surface area contributed by atoms with E-state index in [0.717, 1.165) is 51.6 Å². The molecule has 2 heterocycles. The summed E-state index contributed by atoms with van der Waals surface area (Å²) < 4.78 is 15.0. The molecule has 2 aromatic carbocycles. The maximum absolute atomic E-state index is 13.2. The molecule has 0 bridgehead atoms. The molecule has 4 rings (SSSR count). The van der Waals surface area contributed by atoms with Crippen LogP contribution in [0.15, 0.2) is 66.2 Å². The Labute approximate surface area is 190 Å². The van der Waals surface area contributed by atoms with Crippen LogP contribution in [0.1, 0.15) is 28.8 Å². The molecule has 0 unspecified atom stereocenters. The number of carbonyl (C=O) groups excluding carboxylic acids is 1. The fourth-order valence-corrected chi connectivity index (χ4v) is 4.27. The molecular weight excluding hydrogens is 423 g/mol. The van der Waals surface area contributed by atoms with E-state index in [1.807, 2.05) is 31.3 Å². The van der Waals surface area contributed by atoms with Crippen LogP contribution in [0.2, 0.25) is 0 Å². The van der Waals surface area contributed by atoms with Crippen LogP contribution in [0.3, 0.4) is 0 Å². The molecule has 0 spiro atoms. The molecule has 1 amide bonds. The summed E-state index contributed by atoms with van der Waals surface area (Å²) in [6, 6.07) is 14.0. The zero-order chi connectivity index (χ0) is 22.5. The van der Waals surface area contributed by atoms with E-state index < -0.39 is 0 Å². The molecule has 0 radical (unpaired) electrons. The Balaban J connectivity index is 1.40. The van der Waals surface area contributed by atoms with Gasteiger partial charge >= 0.3 is 0 Å². The maximum Gasteiger partial charge on any atom is 0.248 e. The van der Waals surface area contributed by atoms with E-state index >= 15 is 0 Å². The summed E-state index contributed by atoms with van der Waals surface area (Å²) in [6.07, 6.45) is 6.59. The number of anilines is 1. The lowest BCUT2D eigenvalue weighted by atomic mass is 10.1. The van der Waals surface area contributed by atoms with Gasteiger partial charge in [-0.25, -0.2) is 9.37 Å². The van der Waals surface area contributed by atoms with Crippen molar-refractivity contribution in [2.24, 2.45) is 7.05 Å².